The first-order valence-corrected chi connectivity index (χ1v) is 7.18. The van der Waals surface area contributed by atoms with Crippen LogP contribution in [0.4, 0.5) is 0 Å². The van der Waals surface area contributed by atoms with Gasteiger partial charge in [-0.2, -0.15) is 0 Å². The van der Waals surface area contributed by atoms with Gasteiger partial charge in [0, 0.05) is 12.1 Å². The van der Waals surface area contributed by atoms with E-state index in [0.717, 1.165) is 18.4 Å². The van der Waals surface area contributed by atoms with E-state index < -0.39 is 0 Å². The van der Waals surface area contributed by atoms with Gasteiger partial charge < -0.3 is 11.1 Å². The van der Waals surface area contributed by atoms with Gasteiger partial charge in [-0.15, -0.1) is 0 Å². The first kappa shape index (κ1) is 12.4. The first-order valence-electron chi connectivity index (χ1n) is 7.18. The molecule has 2 heteroatoms. The van der Waals surface area contributed by atoms with Gasteiger partial charge in [0.1, 0.15) is 0 Å². The molecule has 1 aliphatic heterocycles. The summed E-state index contributed by atoms with van der Waals surface area (Å²) in [6.45, 7) is 5.59. The molecule has 16 heavy (non-hydrogen) atoms. The van der Waals surface area contributed by atoms with Crippen LogP contribution in [-0.4, -0.2) is 18.6 Å². The minimum absolute atomic E-state index is 0.685. The van der Waals surface area contributed by atoms with Gasteiger partial charge in [-0.3, -0.25) is 0 Å². The summed E-state index contributed by atoms with van der Waals surface area (Å²) in [5.74, 6) is 2.40. The molecule has 1 aliphatic carbocycles. The van der Waals surface area contributed by atoms with Crippen LogP contribution in [0.2, 0.25) is 0 Å². The highest BCUT2D eigenvalue weighted by Crippen LogP contribution is 2.35. The van der Waals surface area contributed by atoms with E-state index >= 15 is 0 Å². The highest BCUT2D eigenvalue weighted by molar-refractivity contribution is 4.93. The van der Waals surface area contributed by atoms with E-state index in [1.54, 1.807) is 0 Å². The molecule has 4 atom stereocenters. The molecule has 1 saturated heterocycles. The van der Waals surface area contributed by atoms with Crippen molar-refractivity contribution < 1.29 is 0 Å². The molecule has 0 spiro atoms. The van der Waals surface area contributed by atoms with Crippen LogP contribution < -0.4 is 11.1 Å². The van der Waals surface area contributed by atoms with Crippen molar-refractivity contribution in [1.29, 1.82) is 0 Å². The maximum absolute atomic E-state index is 6.00. The van der Waals surface area contributed by atoms with Gasteiger partial charge in [-0.05, 0) is 50.5 Å². The normalized spacial score (nSPS) is 42.2. The summed E-state index contributed by atoms with van der Waals surface area (Å²) in [6, 6.07) is 1.38. The van der Waals surface area contributed by atoms with Gasteiger partial charge in [0.05, 0.1) is 0 Å². The smallest absolute Gasteiger partial charge is 0.0141 e. The second kappa shape index (κ2) is 5.50. The minimum atomic E-state index is 0.685. The quantitative estimate of drug-likeness (QED) is 0.756. The van der Waals surface area contributed by atoms with E-state index in [9.17, 15) is 0 Å². The van der Waals surface area contributed by atoms with E-state index in [1.165, 1.54) is 38.5 Å². The molecule has 0 amide bonds. The summed E-state index contributed by atoms with van der Waals surface area (Å²) in [7, 11) is 0. The SMILES string of the molecule is CC1CC(C)C(CN)C(C2CCCCC2)N1. The van der Waals surface area contributed by atoms with E-state index in [-0.39, 0.29) is 0 Å². The summed E-state index contributed by atoms with van der Waals surface area (Å²) in [4.78, 5) is 0. The van der Waals surface area contributed by atoms with Crippen LogP contribution in [0.3, 0.4) is 0 Å². The average Bonchev–Trinajstić information content (AvgIpc) is 2.29. The zero-order chi connectivity index (χ0) is 11.5. The van der Waals surface area contributed by atoms with Crippen molar-refractivity contribution in [2.45, 2.75) is 64.5 Å². The lowest BCUT2D eigenvalue weighted by molar-refractivity contribution is 0.109. The summed E-state index contributed by atoms with van der Waals surface area (Å²) in [5.41, 5.74) is 6.00. The highest BCUT2D eigenvalue weighted by atomic mass is 15.0. The van der Waals surface area contributed by atoms with Crippen molar-refractivity contribution in [1.82, 2.24) is 5.32 Å². The number of piperidine rings is 1. The Morgan fingerprint density at radius 3 is 2.44 bits per heavy atom. The Kier molecular flexibility index (Phi) is 4.26. The van der Waals surface area contributed by atoms with Gasteiger partial charge in [0.2, 0.25) is 0 Å². The molecule has 3 N–H and O–H groups in total. The van der Waals surface area contributed by atoms with Crippen LogP contribution in [0.1, 0.15) is 52.4 Å². The fraction of sp³-hybridized carbons (Fsp3) is 1.00. The molecule has 0 aromatic carbocycles. The molecular weight excluding hydrogens is 196 g/mol. The molecule has 2 fully saturated rings. The predicted octanol–water partition coefficient (Wildman–Crippen LogP) is 2.53. The van der Waals surface area contributed by atoms with Crippen LogP contribution in [0.15, 0.2) is 0 Å². The lowest BCUT2D eigenvalue weighted by Gasteiger charge is -2.45. The first-order chi connectivity index (χ1) is 7.72. The number of nitrogens with one attached hydrogen (secondary N) is 1. The Balaban J connectivity index is 2.02. The third-order valence-electron chi connectivity index (χ3n) is 4.82. The summed E-state index contributed by atoms with van der Waals surface area (Å²) >= 11 is 0. The lowest BCUT2D eigenvalue weighted by Crippen LogP contribution is -2.55. The molecule has 4 unspecified atom stereocenters. The van der Waals surface area contributed by atoms with Crippen LogP contribution in [0.5, 0.6) is 0 Å². The summed E-state index contributed by atoms with van der Waals surface area (Å²) < 4.78 is 0. The van der Waals surface area contributed by atoms with Gasteiger partial charge in [0.15, 0.2) is 0 Å². The molecule has 0 bridgehead atoms. The van der Waals surface area contributed by atoms with Gasteiger partial charge in [-0.1, -0.05) is 26.2 Å². The molecule has 2 nitrogen and oxygen atoms in total. The summed E-state index contributed by atoms with van der Waals surface area (Å²) in [6.07, 6.45) is 8.46. The Morgan fingerprint density at radius 1 is 1.12 bits per heavy atom. The third kappa shape index (κ3) is 2.60. The van der Waals surface area contributed by atoms with Crippen molar-refractivity contribution in [2.24, 2.45) is 23.5 Å². The Morgan fingerprint density at radius 2 is 1.81 bits per heavy atom. The molecule has 1 saturated carbocycles. The van der Waals surface area contributed by atoms with Gasteiger partial charge in [-0.25, -0.2) is 0 Å². The maximum atomic E-state index is 6.00. The van der Waals surface area contributed by atoms with E-state index in [2.05, 4.69) is 19.2 Å². The van der Waals surface area contributed by atoms with Crippen LogP contribution in [-0.2, 0) is 0 Å². The van der Waals surface area contributed by atoms with Gasteiger partial charge in [0.25, 0.3) is 0 Å². The third-order valence-corrected chi connectivity index (χ3v) is 4.82. The highest BCUT2D eigenvalue weighted by Gasteiger charge is 2.37. The largest absolute Gasteiger partial charge is 0.330 e. The van der Waals surface area contributed by atoms with Crippen molar-refractivity contribution in [2.75, 3.05) is 6.54 Å². The lowest BCUT2D eigenvalue weighted by atomic mass is 9.71. The second-order valence-corrected chi connectivity index (χ2v) is 6.10. The standard InChI is InChI=1S/C14H28N2/c1-10-8-11(2)16-14(13(10)9-15)12-6-4-3-5-7-12/h10-14,16H,3-9,15H2,1-2H3. The van der Waals surface area contributed by atoms with Crippen molar-refractivity contribution >= 4 is 0 Å². The molecule has 2 aliphatic rings. The fourth-order valence-corrected chi connectivity index (χ4v) is 3.96. The molecule has 0 radical (unpaired) electrons. The van der Waals surface area contributed by atoms with E-state index in [1.807, 2.05) is 0 Å². The molecule has 0 aromatic heterocycles. The zero-order valence-electron chi connectivity index (χ0n) is 10.9. The van der Waals surface area contributed by atoms with Crippen molar-refractivity contribution in [3.05, 3.63) is 0 Å². The average molecular weight is 224 g/mol. The Hall–Kier alpha value is -0.0800. The van der Waals surface area contributed by atoms with E-state index in [0.29, 0.717) is 18.0 Å². The maximum Gasteiger partial charge on any atom is 0.0141 e. The molecule has 94 valence electrons. The minimum Gasteiger partial charge on any atom is -0.330 e. The molecule has 2 rings (SSSR count). The number of hydrogen-bond acceptors (Lipinski definition) is 2. The van der Waals surface area contributed by atoms with Crippen molar-refractivity contribution in [3.63, 3.8) is 0 Å². The monoisotopic (exact) mass is 224 g/mol. The number of rotatable bonds is 2. The second-order valence-electron chi connectivity index (χ2n) is 6.10. The fourth-order valence-electron chi connectivity index (χ4n) is 3.96. The van der Waals surface area contributed by atoms with Crippen molar-refractivity contribution in [3.8, 4) is 0 Å². The van der Waals surface area contributed by atoms with Crippen LogP contribution in [0.25, 0.3) is 0 Å². The van der Waals surface area contributed by atoms with Gasteiger partial charge >= 0.3 is 0 Å². The topological polar surface area (TPSA) is 38.0 Å². The summed E-state index contributed by atoms with van der Waals surface area (Å²) in [5, 5.41) is 3.84. The number of hydrogen-bond donors (Lipinski definition) is 2. The van der Waals surface area contributed by atoms with Crippen LogP contribution in [0, 0.1) is 17.8 Å². The molecule has 0 aromatic rings. The Labute approximate surface area is 100 Å². The molecule has 1 heterocycles. The van der Waals surface area contributed by atoms with Crippen LogP contribution >= 0.6 is 0 Å². The predicted molar refractivity (Wildman–Crippen MR) is 69.3 cm³/mol. The number of nitrogens with two attached hydrogens (primary N) is 1. The molecular formula is C14H28N2. The Bertz CT molecular complexity index is 211. The van der Waals surface area contributed by atoms with E-state index in [4.69, 9.17) is 5.73 Å². The zero-order valence-corrected chi connectivity index (χ0v) is 10.9.